The van der Waals surface area contributed by atoms with Crippen molar-refractivity contribution in [1.82, 2.24) is 9.62 Å². The van der Waals surface area contributed by atoms with Gasteiger partial charge in [-0.25, -0.2) is 13.1 Å². The maximum absolute atomic E-state index is 13.1. The SMILES string of the molecule is COc1ccc(S(=O)(=O)NC(C)(C)Cc2ccccc2)cc1C(=O)N1CCCC1. The smallest absolute Gasteiger partial charge is 0.257 e. The normalized spacial score (nSPS) is 14.8. The molecule has 1 fully saturated rings. The molecule has 2 aromatic carbocycles. The number of carbonyl (C=O) groups is 1. The fourth-order valence-electron chi connectivity index (χ4n) is 3.68. The van der Waals surface area contributed by atoms with Crippen molar-refractivity contribution in [3.8, 4) is 5.75 Å². The Balaban J connectivity index is 1.86. The van der Waals surface area contributed by atoms with Crippen molar-refractivity contribution >= 4 is 15.9 Å². The summed E-state index contributed by atoms with van der Waals surface area (Å²) in [4.78, 5) is 14.7. The minimum Gasteiger partial charge on any atom is -0.496 e. The molecule has 0 aromatic heterocycles. The highest BCUT2D eigenvalue weighted by Gasteiger charge is 2.29. The Morgan fingerprint density at radius 3 is 2.38 bits per heavy atom. The highest BCUT2D eigenvalue weighted by Crippen LogP contribution is 2.26. The third-order valence-corrected chi connectivity index (χ3v) is 6.70. The van der Waals surface area contributed by atoms with Gasteiger partial charge in [0.05, 0.1) is 17.6 Å². The second kappa shape index (κ2) is 8.55. The Morgan fingerprint density at radius 2 is 1.76 bits per heavy atom. The van der Waals surface area contributed by atoms with Gasteiger partial charge in [-0.1, -0.05) is 30.3 Å². The van der Waals surface area contributed by atoms with Crippen molar-refractivity contribution in [2.75, 3.05) is 20.2 Å². The van der Waals surface area contributed by atoms with Crippen LogP contribution in [0.1, 0.15) is 42.6 Å². The molecule has 0 radical (unpaired) electrons. The first kappa shape index (κ1) is 21.3. The summed E-state index contributed by atoms with van der Waals surface area (Å²) in [5, 5.41) is 0. The van der Waals surface area contributed by atoms with Crippen LogP contribution in [-0.4, -0.2) is 45.0 Å². The molecular weight excluding hydrogens is 388 g/mol. The van der Waals surface area contributed by atoms with E-state index in [-0.39, 0.29) is 16.4 Å². The summed E-state index contributed by atoms with van der Waals surface area (Å²) in [5.41, 5.74) is 0.622. The number of sulfonamides is 1. The van der Waals surface area contributed by atoms with Crippen LogP contribution in [0.5, 0.6) is 5.75 Å². The van der Waals surface area contributed by atoms with Crippen LogP contribution in [0.2, 0.25) is 0 Å². The van der Waals surface area contributed by atoms with Gasteiger partial charge in [-0.05, 0) is 56.9 Å². The lowest BCUT2D eigenvalue weighted by atomic mass is 9.96. The molecule has 1 heterocycles. The molecule has 156 valence electrons. The van der Waals surface area contributed by atoms with E-state index in [0.29, 0.717) is 25.3 Å². The summed E-state index contributed by atoms with van der Waals surface area (Å²) in [5.74, 6) is 0.185. The van der Waals surface area contributed by atoms with E-state index in [4.69, 9.17) is 4.74 Å². The first-order chi connectivity index (χ1) is 13.7. The molecule has 0 saturated carbocycles. The molecule has 1 saturated heterocycles. The Bertz CT molecular complexity index is 966. The van der Waals surface area contributed by atoms with Gasteiger partial charge in [-0.15, -0.1) is 0 Å². The summed E-state index contributed by atoms with van der Waals surface area (Å²) in [6.45, 7) is 5.05. The zero-order valence-electron chi connectivity index (χ0n) is 17.1. The molecule has 0 bridgehead atoms. The Kier molecular flexibility index (Phi) is 6.29. The standard InChI is InChI=1S/C22H28N2O4S/c1-22(2,16-17-9-5-4-6-10-17)23-29(26,27)18-11-12-20(28-3)19(15-18)21(25)24-13-7-8-14-24/h4-6,9-12,15,23H,7-8,13-14,16H2,1-3H3. The van der Waals surface area contributed by atoms with Crippen molar-refractivity contribution in [2.24, 2.45) is 0 Å². The van der Waals surface area contributed by atoms with Gasteiger partial charge in [-0.2, -0.15) is 0 Å². The third-order valence-electron chi connectivity index (χ3n) is 5.00. The molecule has 1 aliphatic heterocycles. The summed E-state index contributed by atoms with van der Waals surface area (Å²) in [6.07, 6.45) is 2.46. The van der Waals surface area contributed by atoms with E-state index in [1.165, 1.54) is 19.2 Å². The van der Waals surface area contributed by atoms with Crippen LogP contribution in [0, 0.1) is 0 Å². The second-order valence-corrected chi connectivity index (χ2v) is 9.70. The van der Waals surface area contributed by atoms with Crippen LogP contribution in [0.25, 0.3) is 0 Å². The van der Waals surface area contributed by atoms with Gasteiger partial charge in [0.25, 0.3) is 5.91 Å². The second-order valence-electron chi connectivity index (χ2n) is 8.01. The third kappa shape index (κ3) is 5.16. The van der Waals surface area contributed by atoms with Crippen molar-refractivity contribution in [1.29, 1.82) is 0 Å². The molecule has 0 unspecified atom stereocenters. The molecule has 0 spiro atoms. The average Bonchev–Trinajstić information content (AvgIpc) is 3.21. The molecule has 1 aliphatic rings. The molecule has 1 N–H and O–H groups in total. The lowest BCUT2D eigenvalue weighted by Gasteiger charge is -2.26. The molecule has 29 heavy (non-hydrogen) atoms. The summed E-state index contributed by atoms with van der Waals surface area (Å²) >= 11 is 0. The van der Waals surface area contributed by atoms with Gasteiger partial charge in [0.2, 0.25) is 10.0 Å². The van der Waals surface area contributed by atoms with Crippen molar-refractivity contribution in [3.05, 3.63) is 59.7 Å². The largest absolute Gasteiger partial charge is 0.496 e. The number of methoxy groups -OCH3 is 1. The van der Waals surface area contributed by atoms with Gasteiger partial charge >= 0.3 is 0 Å². The number of carbonyl (C=O) groups excluding carboxylic acids is 1. The van der Waals surface area contributed by atoms with Gasteiger partial charge in [0, 0.05) is 18.6 Å². The number of benzene rings is 2. The summed E-state index contributed by atoms with van der Waals surface area (Å²) in [7, 11) is -2.34. The lowest BCUT2D eigenvalue weighted by molar-refractivity contribution is 0.0789. The number of nitrogens with zero attached hydrogens (tertiary/aromatic N) is 1. The zero-order chi connectivity index (χ0) is 21.1. The van der Waals surface area contributed by atoms with Gasteiger partial charge in [0.1, 0.15) is 5.75 Å². The Morgan fingerprint density at radius 1 is 1.10 bits per heavy atom. The average molecular weight is 417 g/mol. The Hall–Kier alpha value is -2.38. The van der Waals surface area contributed by atoms with E-state index >= 15 is 0 Å². The number of amides is 1. The highest BCUT2D eigenvalue weighted by molar-refractivity contribution is 7.89. The first-order valence-electron chi connectivity index (χ1n) is 9.77. The number of rotatable bonds is 7. The van der Waals surface area contributed by atoms with Gasteiger partial charge < -0.3 is 9.64 Å². The first-order valence-corrected chi connectivity index (χ1v) is 11.3. The van der Waals surface area contributed by atoms with E-state index in [1.807, 2.05) is 44.2 Å². The summed E-state index contributed by atoms with van der Waals surface area (Å²) in [6, 6.07) is 14.2. The number of ether oxygens (including phenoxy) is 1. The van der Waals surface area contributed by atoms with Crippen molar-refractivity contribution in [3.63, 3.8) is 0 Å². The van der Waals surface area contributed by atoms with E-state index < -0.39 is 15.6 Å². The fourth-order valence-corrected chi connectivity index (χ4v) is 5.11. The van der Waals surface area contributed by atoms with Crippen LogP contribution in [-0.2, 0) is 16.4 Å². The molecule has 0 aliphatic carbocycles. The van der Waals surface area contributed by atoms with Gasteiger partial charge in [-0.3, -0.25) is 4.79 Å². The van der Waals surface area contributed by atoms with Crippen LogP contribution < -0.4 is 9.46 Å². The predicted molar refractivity (Wildman–Crippen MR) is 113 cm³/mol. The molecule has 2 aromatic rings. The topological polar surface area (TPSA) is 75.7 Å². The van der Waals surface area contributed by atoms with E-state index in [0.717, 1.165) is 18.4 Å². The highest BCUT2D eigenvalue weighted by atomic mass is 32.2. The van der Waals surface area contributed by atoms with Crippen molar-refractivity contribution in [2.45, 2.75) is 43.5 Å². The maximum atomic E-state index is 13.1. The molecule has 7 heteroatoms. The van der Waals surface area contributed by atoms with E-state index in [9.17, 15) is 13.2 Å². The number of hydrogen-bond donors (Lipinski definition) is 1. The summed E-state index contributed by atoms with van der Waals surface area (Å²) < 4.78 is 34.2. The minimum absolute atomic E-state index is 0.0574. The van der Waals surface area contributed by atoms with E-state index in [1.54, 1.807) is 11.0 Å². The number of hydrogen-bond acceptors (Lipinski definition) is 4. The fraction of sp³-hybridized carbons (Fsp3) is 0.409. The van der Waals surface area contributed by atoms with Crippen molar-refractivity contribution < 1.29 is 17.9 Å². The van der Waals surface area contributed by atoms with Gasteiger partial charge in [0.15, 0.2) is 0 Å². The number of likely N-dealkylation sites (tertiary alicyclic amines) is 1. The molecule has 3 rings (SSSR count). The molecule has 6 nitrogen and oxygen atoms in total. The zero-order valence-corrected chi connectivity index (χ0v) is 18.0. The molecular formula is C22H28N2O4S. The monoisotopic (exact) mass is 416 g/mol. The van der Waals surface area contributed by atoms with Crippen LogP contribution in [0.15, 0.2) is 53.4 Å². The lowest BCUT2D eigenvalue weighted by Crippen LogP contribution is -2.45. The number of nitrogens with one attached hydrogen (secondary N) is 1. The minimum atomic E-state index is -3.82. The van der Waals surface area contributed by atoms with Crippen LogP contribution >= 0.6 is 0 Å². The van der Waals surface area contributed by atoms with Crippen LogP contribution in [0.4, 0.5) is 0 Å². The quantitative estimate of drug-likeness (QED) is 0.752. The van der Waals surface area contributed by atoms with Crippen LogP contribution in [0.3, 0.4) is 0 Å². The maximum Gasteiger partial charge on any atom is 0.257 e. The Labute approximate surface area is 172 Å². The van der Waals surface area contributed by atoms with E-state index in [2.05, 4.69) is 4.72 Å². The molecule has 0 atom stereocenters. The molecule has 1 amide bonds. The predicted octanol–water partition coefficient (Wildman–Crippen LogP) is 3.23.